The van der Waals surface area contributed by atoms with Gasteiger partial charge >= 0.3 is 0 Å². The normalized spacial score (nSPS) is 18.9. The molecule has 1 aromatic carbocycles. The molecule has 0 amide bonds. The fraction of sp³-hybridized carbons (Fsp3) is 0.500. The third-order valence-corrected chi connectivity index (χ3v) is 4.73. The second-order valence-corrected chi connectivity index (χ2v) is 6.49. The van der Waals surface area contributed by atoms with Crippen LogP contribution in [0, 0.1) is 0 Å². The Morgan fingerprint density at radius 2 is 2.00 bits per heavy atom. The first kappa shape index (κ1) is 13.3. The van der Waals surface area contributed by atoms with Crippen molar-refractivity contribution in [1.29, 1.82) is 0 Å². The van der Waals surface area contributed by atoms with Crippen molar-refractivity contribution in [3.05, 3.63) is 24.3 Å². The summed E-state index contributed by atoms with van der Waals surface area (Å²) in [6, 6.07) is 6.39. The highest BCUT2D eigenvalue weighted by atomic mass is 32.2. The summed E-state index contributed by atoms with van der Waals surface area (Å²) in [5.41, 5.74) is 6.07. The molecule has 0 radical (unpaired) electrons. The van der Waals surface area contributed by atoms with E-state index in [1.165, 1.54) is 6.07 Å². The number of hydrogen-bond donors (Lipinski definition) is 2. The zero-order chi connectivity index (χ0) is 13.2. The second-order valence-electron chi connectivity index (χ2n) is 4.77. The largest absolute Gasteiger partial charge is 0.399 e. The number of rotatable bonds is 3. The molecule has 1 aromatic rings. The van der Waals surface area contributed by atoms with Gasteiger partial charge in [0.25, 0.3) is 0 Å². The maximum Gasteiger partial charge on any atom is 0.240 e. The van der Waals surface area contributed by atoms with Crippen LogP contribution in [-0.2, 0) is 10.0 Å². The van der Waals surface area contributed by atoms with Crippen molar-refractivity contribution in [3.8, 4) is 0 Å². The van der Waals surface area contributed by atoms with E-state index in [0.717, 1.165) is 25.9 Å². The lowest BCUT2D eigenvalue weighted by atomic mass is 10.1. The van der Waals surface area contributed by atoms with Gasteiger partial charge < -0.3 is 10.6 Å². The summed E-state index contributed by atoms with van der Waals surface area (Å²) in [6.45, 7) is 1.84. The van der Waals surface area contributed by atoms with E-state index in [1.807, 2.05) is 7.05 Å². The van der Waals surface area contributed by atoms with Crippen molar-refractivity contribution in [2.45, 2.75) is 23.8 Å². The van der Waals surface area contributed by atoms with Crippen molar-refractivity contribution in [2.24, 2.45) is 0 Å². The molecule has 100 valence electrons. The van der Waals surface area contributed by atoms with Crippen LogP contribution in [0.15, 0.2) is 29.2 Å². The lowest BCUT2D eigenvalue weighted by Crippen LogP contribution is -2.43. The van der Waals surface area contributed by atoms with Crippen molar-refractivity contribution in [3.63, 3.8) is 0 Å². The molecular weight excluding hydrogens is 250 g/mol. The summed E-state index contributed by atoms with van der Waals surface area (Å²) in [5.74, 6) is 0. The quantitative estimate of drug-likeness (QED) is 0.790. The van der Waals surface area contributed by atoms with Crippen molar-refractivity contribution < 1.29 is 8.42 Å². The summed E-state index contributed by atoms with van der Waals surface area (Å²) in [5, 5.41) is 0. The van der Waals surface area contributed by atoms with Crippen LogP contribution in [0.5, 0.6) is 0 Å². The van der Waals surface area contributed by atoms with Gasteiger partial charge in [-0.15, -0.1) is 0 Å². The number of anilines is 1. The van der Waals surface area contributed by atoms with E-state index in [9.17, 15) is 8.42 Å². The van der Waals surface area contributed by atoms with Gasteiger partial charge in [-0.1, -0.05) is 6.07 Å². The Morgan fingerprint density at radius 3 is 2.61 bits per heavy atom. The van der Waals surface area contributed by atoms with Gasteiger partial charge in [0.2, 0.25) is 10.0 Å². The molecule has 0 unspecified atom stereocenters. The van der Waals surface area contributed by atoms with Crippen LogP contribution in [0.2, 0.25) is 0 Å². The van der Waals surface area contributed by atoms with Crippen molar-refractivity contribution in [1.82, 2.24) is 9.62 Å². The average Bonchev–Trinajstić information content (AvgIpc) is 2.32. The van der Waals surface area contributed by atoms with Crippen LogP contribution in [0.1, 0.15) is 12.8 Å². The fourth-order valence-electron chi connectivity index (χ4n) is 2.10. The highest BCUT2D eigenvalue weighted by Crippen LogP contribution is 2.16. The lowest BCUT2D eigenvalue weighted by molar-refractivity contribution is 0.248. The first-order chi connectivity index (χ1) is 8.47. The predicted octanol–water partition coefficient (Wildman–Crippen LogP) is 0.641. The third kappa shape index (κ3) is 3.22. The maximum absolute atomic E-state index is 12.2. The van der Waals surface area contributed by atoms with Gasteiger partial charge in [-0.25, -0.2) is 13.1 Å². The second kappa shape index (κ2) is 5.26. The summed E-state index contributed by atoms with van der Waals surface area (Å²) < 4.78 is 27.1. The Bertz CT molecular complexity index is 508. The zero-order valence-corrected chi connectivity index (χ0v) is 11.3. The molecular formula is C12H19N3O2S. The molecule has 1 heterocycles. The number of nitrogens with two attached hydrogens (primary N) is 1. The molecule has 0 aromatic heterocycles. The molecule has 0 spiro atoms. The predicted molar refractivity (Wildman–Crippen MR) is 71.7 cm³/mol. The molecule has 0 aliphatic carbocycles. The number of benzene rings is 1. The monoisotopic (exact) mass is 269 g/mol. The number of nitrogens with one attached hydrogen (secondary N) is 1. The first-order valence-electron chi connectivity index (χ1n) is 6.04. The molecule has 5 nitrogen and oxygen atoms in total. The van der Waals surface area contributed by atoms with Crippen LogP contribution in [-0.4, -0.2) is 39.5 Å². The van der Waals surface area contributed by atoms with E-state index in [-0.39, 0.29) is 10.9 Å². The van der Waals surface area contributed by atoms with Gasteiger partial charge in [0.05, 0.1) is 4.90 Å². The Kier molecular flexibility index (Phi) is 3.89. The number of piperidine rings is 1. The number of nitrogen functional groups attached to an aromatic ring is 1. The Hall–Kier alpha value is -1.11. The van der Waals surface area contributed by atoms with Crippen LogP contribution < -0.4 is 10.5 Å². The van der Waals surface area contributed by atoms with Gasteiger partial charge in [-0.2, -0.15) is 0 Å². The van der Waals surface area contributed by atoms with Crippen LogP contribution in [0.4, 0.5) is 5.69 Å². The van der Waals surface area contributed by atoms with Crippen molar-refractivity contribution in [2.75, 3.05) is 25.9 Å². The fourth-order valence-corrected chi connectivity index (χ4v) is 3.46. The summed E-state index contributed by atoms with van der Waals surface area (Å²) in [7, 11) is -1.40. The minimum Gasteiger partial charge on any atom is -0.399 e. The van der Waals surface area contributed by atoms with Gasteiger partial charge in [0.1, 0.15) is 0 Å². The summed E-state index contributed by atoms with van der Waals surface area (Å²) in [6.07, 6.45) is 1.69. The topological polar surface area (TPSA) is 75.4 Å². The Balaban J connectivity index is 2.08. The first-order valence-corrected chi connectivity index (χ1v) is 7.52. The number of hydrogen-bond acceptors (Lipinski definition) is 4. The van der Waals surface area contributed by atoms with Gasteiger partial charge in [-0.05, 0) is 51.2 Å². The van der Waals surface area contributed by atoms with Gasteiger partial charge in [0, 0.05) is 11.7 Å². The molecule has 1 aliphatic heterocycles. The molecule has 0 bridgehead atoms. The SMILES string of the molecule is CN1CCC(NS(=O)(=O)c2cccc(N)c2)CC1. The average molecular weight is 269 g/mol. The smallest absolute Gasteiger partial charge is 0.240 e. The van der Waals surface area contributed by atoms with E-state index in [4.69, 9.17) is 5.73 Å². The highest BCUT2D eigenvalue weighted by Gasteiger charge is 2.23. The molecule has 1 saturated heterocycles. The number of likely N-dealkylation sites (tertiary alicyclic amines) is 1. The highest BCUT2D eigenvalue weighted by molar-refractivity contribution is 7.89. The summed E-state index contributed by atoms with van der Waals surface area (Å²) >= 11 is 0. The molecule has 6 heteroatoms. The minimum atomic E-state index is -3.45. The molecule has 0 atom stereocenters. The third-order valence-electron chi connectivity index (χ3n) is 3.21. The molecule has 2 rings (SSSR count). The van der Waals surface area contributed by atoms with Crippen molar-refractivity contribution >= 4 is 15.7 Å². The molecule has 0 saturated carbocycles. The maximum atomic E-state index is 12.2. The Labute approximate surface area is 108 Å². The molecule has 18 heavy (non-hydrogen) atoms. The van der Waals surface area contributed by atoms with E-state index in [1.54, 1.807) is 18.2 Å². The van der Waals surface area contributed by atoms with Crippen LogP contribution in [0.3, 0.4) is 0 Å². The standard InChI is InChI=1S/C12H19N3O2S/c1-15-7-5-11(6-8-15)14-18(16,17)12-4-2-3-10(13)9-12/h2-4,9,11,14H,5-8,13H2,1H3. The van der Waals surface area contributed by atoms with E-state index in [0.29, 0.717) is 5.69 Å². The Morgan fingerprint density at radius 1 is 1.33 bits per heavy atom. The van der Waals surface area contributed by atoms with E-state index < -0.39 is 10.0 Å². The molecule has 1 aliphatic rings. The van der Waals surface area contributed by atoms with Crippen LogP contribution >= 0.6 is 0 Å². The molecule has 1 fully saturated rings. The number of nitrogens with zero attached hydrogens (tertiary/aromatic N) is 1. The van der Waals surface area contributed by atoms with E-state index in [2.05, 4.69) is 9.62 Å². The van der Waals surface area contributed by atoms with E-state index >= 15 is 0 Å². The lowest BCUT2D eigenvalue weighted by Gasteiger charge is -2.29. The minimum absolute atomic E-state index is 0.0210. The summed E-state index contributed by atoms with van der Waals surface area (Å²) in [4.78, 5) is 2.44. The van der Waals surface area contributed by atoms with Gasteiger partial charge in [-0.3, -0.25) is 0 Å². The molecule has 3 N–H and O–H groups in total. The zero-order valence-electron chi connectivity index (χ0n) is 10.5. The van der Waals surface area contributed by atoms with Gasteiger partial charge in [0.15, 0.2) is 0 Å². The number of sulfonamides is 1. The van der Waals surface area contributed by atoms with Crippen LogP contribution in [0.25, 0.3) is 0 Å².